The number of furan rings is 1. The number of aryl methyl sites for hydroxylation is 2. The van der Waals surface area contributed by atoms with Crippen LogP contribution in [0, 0.1) is 31.9 Å². The zero-order valence-electron chi connectivity index (χ0n) is 27.9. The zero-order valence-corrected chi connectivity index (χ0v) is 30.3. The summed E-state index contributed by atoms with van der Waals surface area (Å²) in [6.45, 7) is 13.2. The SMILES string of the molecule is CC(C)(c1ccccc1)c1ccnc(-c2[c-]ccc3c2oc2ccccc23)c1.Cc1c[c-]c(-c2cc(C)c(CC(C)C)cn2)cc1.[Ir]. The average molecular weight is 793 g/mol. The van der Waals surface area contributed by atoms with E-state index in [9.17, 15) is 0 Å². The third kappa shape index (κ3) is 7.46. The van der Waals surface area contributed by atoms with Crippen molar-refractivity contribution in [2.75, 3.05) is 0 Å². The van der Waals surface area contributed by atoms with Gasteiger partial charge in [-0.3, -0.25) is 0 Å². The molecule has 0 atom stereocenters. The van der Waals surface area contributed by atoms with Gasteiger partial charge in [0, 0.05) is 43.3 Å². The van der Waals surface area contributed by atoms with E-state index in [1.54, 1.807) is 0 Å². The summed E-state index contributed by atoms with van der Waals surface area (Å²) in [6.07, 6.45) is 4.99. The van der Waals surface area contributed by atoms with Gasteiger partial charge in [-0.05, 0) is 59.5 Å². The molecule has 3 heterocycles. The molecule has 0 aliphatic heterocycles. The van der Waals surface area contributed by atoms with Crippen molar-refractivity contribution in [3.05, 3.63) is 155 Å². The molecule has 0 N–H and O–H groups in total. The maximum atomic E-state index is 6.18. The van der Waals surface area contributed by atoms with Gasteiger partial charge in [-0.25, -0.2) is 0 Å². The van der Waals surface area contributed by atoms with Crippen molar-refractivity contribution in [1.82, 2.24) is 9.97 Å². The summed E-state index contributed by atoms with van der Waals surface area (Å²) in [7, 11) is 0. The maximum absolute atomic E-state index is 6.18. The Morgan fingerprint density at radius 2 is 1.53 bits per heavy atom. The van der Waals surface area contributed by atoms with Crippen molar-refractivity contribution in [2.24, 2.45) is 5.92 Å². The molecule has 0 bridgehead atoms. The van der Waals surface area contributed by atoms with Crippen LogP contribution in [0.1, 0.15) is 55.5 Å². The van der Waals surface area contributed by atoms with Crippen LogP contribution < -0.4 is 0 Å². The molecule has 1 radical (unpaired) electrons. The van der Waals surface area contributed by atoms with Crippen LogP contribution in [0.15, 0.2) is 120 Å². The molecule has 0 spiro atoms. The minimum absolute atomic E-state index is 0. The largest absolute Gasteiger partial charge is 0.501 e. The minimum Gasteiger partial charge on any atom is -0.501 e. The van der Waals surface area contributed by atoms with Crippen LogP contribution in [-0.4, -0.2) is 9.97 Å². The normalized spacial score (nSPS) is 11.3. The van der Waals surface area contributed by atoms with Gasteiger partial charge in [0.15, 0.2) is 0 Å². The number of rotatable bonds is 6. The van der Waals surface area contributed by atoms with Gasteiger partial charge in [0.25, 0.3) is 0 Å². The molecule has 0 aliphatic carbocycles. The fourth-order valence-corrected chi connectivity index (χ4v) is 5.91. The van der Waals surface area contributed by atoms with E-state index < -0.39 is 0 Å². The van der Waals surface area contributed by atoms with Gasteiger partial charge in [-0.15, -0.1) is 53.6 Å². The Kier molecular flexibility index (Phi) is 10.5. The Balaban J connectivity index is 0.000000199. The summed E-state index contributed by atoms with van der Waals surface area (Å²) < 4.78 is 6.18. The van der Waals surface area contributed by atoms with Gasteiger partial charge in [0.1, 0.15) is 5.58 Å². The number of benzene rings is 4. The van der Waals surface area contributed by atoms with Crippen LogP contribution in [0.5, 0.6) is 0 Å². The van der Waals surface area contributed by atoms with E-state index in [0.29, 0.717) is 5.92 Å². The first-order valence-electron chi connectivity index (χ1n) is 16.0. The first-order chi connectivity index (χ1) is 22.2. The smallest absolute Gasteiger partial charge is 0.120 e. The first kappa shape index (κ1) is 34.0. The number of fused-ring (bicyclic) bond motifs is 3. The topological polar surface area (TPSA) is 38.9 Å². The Morgan fingerprint density at radius 3 is 2.26 bits per heavy atom. The van der Waals surface area contributed by atoms with Gasteiger partial charge in [-0.1, -0.05) is 112 Å². The monoisotopic (exact) mass is 793 g/mol. The molecule has 0 unspecified atom stereocenters. The molecule has 0 saturated carbocycles. The van der Waals surface area contributed by atoms with Gasteiger partial charge in [-0.2, -0.15) is 0 Å². The first-order valence-corrected chi connectivity index (χ1v) is 16.0. The van der Waals surface area contributed by atoms with Gasteiger partial charge in [0.05, 0.1) is 5.58 Å². The van der Waals surface area contributed by atoms with Crippen molar-refractivity contribution in [1.29, 1.82) is 0 Å². The van der Waals surface area contributed by atoms with Crippen molar-refractivity contribution < 1.29 is 24.5 Å². The molecule has 7 rings (SSSR count). The van der Waals surface area contributed by atoms with Crippen LogP contribution in [0.4, 0.5) is 0 Å². The van der Waals surface area contributed by atoms with Crippen LogP contribution in [0.25, 0.3) is 44.5 Å². The molecule has 0 aliphatic rings. The number of pyridine rings is 2. The second-order valence-corrected chi connectivity index (χ2v) is 13.0. The van der Waals surface area contributed by atoms with Crippen molar-refractivity contribution in [2.45, 2.75) is 53.4 Å². The molecule has 0 saturated heterocycles. The van der Waals surface area contributed by atoms with E-state index >= 15 is 0 Å². The number of hydrogen-bond acceptors (Lipinski definition) is 3. The third-order valence-corrected chi connectivity index (χ3v) is 8.66. The molecule has 3 aromatic heterocycles. The molecule has 47 heavy (non-hydrogen) atoms. The van der Waals surface area contributed by atoms with E-state index in [1.165, 1.54) is 27.8 Å². The average Bonchev–Trinajstić information content (AvgIpc) is 3.46. The van der Waals surface area contributed by atoms with E-state index in [0.717, 1.165) is 50.9 Å². The second-order valence-electron chi connectivity index (χ2n) is 13.0. The fraction of sp³-hybridized carbons (Fsp3) is 0.209. The zero-order chi connectivity index (χ0) is 32.3. The summed E-state index contributed by atoms with van der Waals surface area (Å²) >= 11 is 0. The number of nitrogens with zero attached hydrogens (tertiary/aromatic N) is 2. The molecular weight excluding hydrogens is 753 g/mol. The standard InChI is InChI=1S/C26H20NO.C17H20N.Ir/c1-26(2,18-9-4-3-5-10-18)19-15-16-27-23(17-19)22-13-8-12-21-20-11-6-7-14-24(20)28-25(21)22;1-12(2)9-16-11-18-17(10-14(16)4)15-7-5-13(3)6-8-15;/h3-12,14-17H,1-2H3;5-7,10-12H,9H2,1-4H3;/q2*-1;. The summed E-state index contributed by atoms with van der Waals surface area (Å²) in [5, 5.41) is 2.22. The second kappa shape index (κ2) is 14.6. The van der Waals surface area contributed by atoms with Crippen molar-refractivity contribution in [3.63, 3.8) is 0 Å². The Hall–Kier alpha value is -4.37. The van der Waals surface area contributed by atoms with Gasteiger partial charge in [0.2, 0.25) is 0 Å². The molecular formula is C43H40IrN2O-2. The number of para-hydroxylation sites is 1. The van der Waals surface area contributed by atoms with Crippen molar-refractivity contribution in [3.8, 4) is 22.5 Å². The number of aromatic nitrogens is 2. The predicted octanol–water partition coefficient (Wildman–Crippen LogP) is 11.1. The third-order valence-electron chi connectivity index (χ3n) is 8.66. The fourth-order valence-electron chi connectivity index (χ4n) is 5.91. The molecule has 0 fully saturated rings. The quantitative estimate of drug-likeness (QED) is 0.157. The summed E-state index contributed by atoms with van der Waals surface area (Å²) in [4.78, 5) is 9.21. The molecule has 3 nitrogen and oxygen atoms in total. The molecule has 0 amide bonds. The van der Waals surface area contributed by atoms with E-state index in [2.05, 4.69) is 136 Å². The van der Waals surface area contributed by atoms with Crippen LogP contribution in [0.3, 0.4) is 0 Å². The Morgan fingerprint density at radius 1 is 0.766 bits per heavy atom. The number of hydrogen-bond donors (Lipinski definition) is 0. The minimum atomic E-state index is -0.124. The molecule has 4 heteroatoms. The summed E-state index contributed by atoms with van der Waals surface area (Å²) in [5.74, 6) is 0.669. The Labute approximate surface area is 292 Å². The van der Waals surface area contributed by atoms with E-state index in [4.69, 9.17) is 4.42 Å². The van der Waals surface area contributed by atoms with E-state index in [1.807, 2.05) is 42.7 Å². The van der Waals surface area contributed by atoms with Crippen LogP contribution in [-0.2, 0) is 31.9 Å². The van der Waals surface area contributed by atoms with Crippen molar-refractivity contribution >= 4 is 21.9 Å². The summed E-state index contributed by atoms with van der Waals surface area (Å²) in [6, 6.07) is 41.9. The predicted molar refractivity (Wildman–Crippen MR) is 191 cm³/mol. The van der Waals surface area contributed by atoms with E-state index in [-0.39, 0.29) is 25.5 Å². The molecule has 4 aromatic carbocycles. The summed E-state index contributed by atoms with van der Waals surface area (Å²) in [5.41, 5.74) is 11.9. The molecule has 7 aromatic rings. The van der Waals surface area contributed by atoms with Crippen LogP contribution >= 0.6 is 0 Å². The molecule has 239 valence electrons. The van der Waals surface area contributed by atoms with Gasteiger partial charge >= 0.3 is 0 Å². The maximum Gasteiger partial charge on any atom is 0.120 e. The van der Waals surface area contributed by atoms with Gasteiger partial charge < -0.3 is 14.4 Å². The van der Waals surface area contributed by atoms with Crippen LogP contribution in [0.2, 0.25) is 0 Å². The Bertz CT molecular complexity index is 2090.